The average molecular weight is 357 g/mol. The minimum absolute atomic E-state index is 0.119. The Morgan fingerprint density at radius 3 is 2.40 bits per heavy atom. The summed E-state index contributed by atoms with van der Waals surface area (Å²) in [7, 11) is 1.94. The first-order valence-electron chi connectivity index (χ1n) is 6.49. The third-order valence-corrected chi connectivity index (χ3v) is 4.67. The molecule has 0 bridgehead atoms. The Balaban J connectivity index is 2.38. The van der Waals surface area contributed by atoms with Crippen LogP contribution in [0.3, 0.4) is 0 Å². The number of halogens is 3. The predicted molar refractivity (Wildman–Crippen MR) is 86.6 cm³/mol. The van der Waals surface area contributed by atoms with Crippen molar-refractivity contribution in [3.8, 4) is 11.1 Å². The lowest BCUT2D eigenvalue weighted by atomic mass is 9.99. The van der Waals surface area contributed by atoms with Gasteiger partial charge in [-0.25, -0.2) is 4.39 Å². The zero-order valence-electron chi connectivity index (χ0n) is 11.4. The molecule has 20 heavy (non-hydrogen) atoms. The van der Waals surface area contributed by atoms with Gasteiger partial charge in [0, 0.05) is 16.1 Å². The van der Waals surface area contributed by atoms with Crippen molar-refractivity contribution < 1.29 is 4.39 Å². The molecule has 2 rings (SSSR count). The summed E-state index contributed by atoms with van der Waals surface area (Å²) in [6, 6.07) is 11.7. The highest BCUT2D eigenvalue weighted by atomic mass is 79.9. The van der Waals surface area contributed by atoms with Crippen LogP contribution >= 0.6 is 27.5 Å². The molecule has 0 heterocycles. The van der Waals surface area contributed by atoms with E-state index in [4.69, 9.17) is 11.6 Å². The Kier molecular flexibility index (Phi) is 5.19. The standard InChI is InChI=1S/C16H16BrClFN/c1-3-14(20-2)11-6-4-10(5-7-11)12-8-9-13(17)15(18)16(12)19/h4-9,14,20H,3H2,1-2H3. The van der Waals surface area contributed by atoms with Crippen LogP contribution in [-0.4, -0.2) is 7.05 Å². The zero-order chi connectivity index (χ0) is 14.7. The molecule has 0 aliphatic carbocycles. The predicted octanol–water partition coefficient (Wildman–Crippen LogP) is 5.58. The summed E-state index contributed by atoms with van der Waals surface area (Å²) in [4.78, 5) is 0. The largest absolute Gasteiger partial charge is 0.313 e. The van der Waals surface area contributed by atoms with E-state index in [1.807, 2.05) is 31.3 Å². The van der Waals surface area contributed by atoms with Gasteiger partial charge >= 0.3 is 0 Å². The van der Waals surface area contributed by atoms with Gasteiger partial charge in [-0.05, 0) is 46.6 Å². The third-order valence-electron chi connectivity index (χ3n) is 3.42. The normalized spacial score (nSPS) is 12.4. The van der Waals surface area contributed by atoms with Crippen LogP contribution in [0.2, 0.25) is 5.02 Å². The first-order valence-corrected chi connectivity index (χ1v) is 7.66. The zero-order valence-corrected chi connectivity index (χ0v) is 13.7. The van der Waals surface area contributed by atoms with Crippen LogP contribution in [0.5, 0.6) is 0 Å². The van der Waals surface area contributed by atoms with Crippen LogP contribution < -0.4 is 5.32 Å². The first kappa shape index (κ1) is 15.5. The van der Waals surface area contributed by atoms with E-state index in [1.54, 1.807) is 12.1 Å². The molecule has 1 N–H and O–H groups in total. The van der Waals surface area contributed by atoms with E-state index in [1.165, 1.54) is 5.56 Å². The molecule has 0 fully saturated rings. The molecule has 0 radical (unpaired) electrons. The maximum Gasteiger partial charge on any atom is 0.150 e. The smallest absolute Gasteiger partial charge is 0.150 e. The van der Waals surface area contributed by atoms with Crippen molar-refractivity contribution in [3.05, 3.63) is 57.3 Å². The second kappa shape index (κ2) is 6.70. The number of hydrogen-bond acceptors (Lipinski definition) is 1. The Morgan fingerprint density at radius 2 is 1.85 bits per heavy atom. The van der Waals surface area contributed by atoms with Crippen molar-refractivity contribution in [2.75, 3.05) is 7.05 Å². The third kappa shape index (κ3) is 3.05. The van der Waals surface area contributed by atoms with Gasteiger partial charge in [-0.3, -0.25) is 0 Å². The number of benzene rings is 2. The molecule has 0 saturated carbocycles. The van der Waals surface area contributed by atoms with Gasteiger partial charge in [0.25, 0.3) is 0 Å². The molecule has 2 aromatic rings. The highest BCUT2D eigenvalue weighted by molar-refractivity contribution is 9.10. The van der Waals surface area contributed by atoms with Crippen LogP contribution in [0.15, 0.2) is 40.9 Å². The first-order chi connectivity index (χ1) is 9.58. The summed E-state index contributed by atoms with van der Waals surface area (Å²) < 4.78 is 14.7. The van der Waals surface area contributed by atoms with Gasteiger partial charge < -0.3 is 5.32 Å². The Morgan fingerprint density at radius 1 is 1.20 bits per heavy atom. The molecule has 1 nitrogen and oxygen atoms in total. The molecule has 0 aliphatic rings. The molecular weight excluding hydrogens is 341 g/mol. The maximum absolute atomic E-state index is 14.2. The Bertz CT molecular complexity index is 594. The van der Waals surface area contributed by atoms with Crippen molar-refractivity contribution >= 4 is 27.5 Å². The van der Waals surface area contributed by atoms with E-state index in [0.717, 1.165) is 12.0 Å². The summed E-state index contributed by atoms with van der Waals surface area (Å²) in [5.41, 5.74) is 2.54. The van der Waals surface area contributed by atoms with Crippen LogP contribution in [0.4, 0.5) is 4.39 Å². The Labute approximate surface area is 132 Å². The van der Waals surface area contributed by atoms with E-state index in [-0.39, 0.29) is 5.02 Å². The topological polar surface area (TPSA) is 12.0 Å². The fourth-order valence-corrected chi connectivity index (χ4v) is 2.72. The van der Waals surface area contributed by atoms with Gasteiger partial charge in [-0.15, -0.1) is 0 Å². The average Bonchev–Trinajstić information content (AvgIpc) is 2.47. The molecule has 1 atom stereocenters. The monoisotopic (exact) mass is 355 g/mol. The maximum atomic E-state index is 14.2. The van der Waals surface area contributed by atoms with Gasteiger partial charge in [0.1, 0.15) is 0 Å². The van der Waals surface area contributed by atoms with E-state index in [9.17, 15) is 4.39 Å². The molecule has 0 spiro atoms. The van der Waals surface area contributed by atoms with Gasteiger partial charge in [0.15, 0.2) is 5.82 Å². The lowest BCUT2D eigenvalue weighted by Crippen LogP contribution is -2.14. The quantitative estimate of drug-likeness (QED) is 0.705. The van der Waals surface area contributed by atoms with Crippen molar-refractivity contribution in [2.45, 2.75) is 19.4 Å². The lowest BCUT2D eigenvalue weighted by molar-refractivity contribution is 0.577. The molecule has 0 saturated heterocycles. The molecular formula is C16H16BrClFN. The molecule has 0 amide bonds. The number of hydrogen-bond donors (Lipinski definition) is 1. The van der Waals surface area contributed by atoms with Gasteiger partial charge in [0.2, 0.25) is 0 Å². The van der Waals surface area contributed by atoms with Crippen LogP contribution in [0.25, 0.3) is 11.1 Å². The molecule has 2 aromatic carbocycles. The van der Waals surface area contributed by atoms with E-state index >= 15 is 0 Å². The lowest BCUT2D eigenvalue weighted by Gasteiger charge is -2.15. The second-order valence-corrected chi connectivity index (χ2v) is 5.83. The highest BCUT2D eigenvalue weighted by Gasteiger charge is 2.12. The van der Waals surface area contributed by atoms with Crippen LogP contribution in [0, 0.1) is 5.82 Å². The van der Waals surface area contributed by atoms with E-state index < -0.39 is 5.82 Å². The van der Waals surface area contributed by atoms with Crippen LogP contribution in [0.1, 0.15) is 24.9 Å². The fourth-order valence-electron chi connectivity index (χ4n) is 2.25. The summed E-state index contributed by atoms with van der Waals surface area (Å²) in [6.07, 6.45) is 1.01. The summed E-state index contributed by atoms with van der Waals surface area (Å²) >= 11 is 9.15. The molecule has 1 unspecified atom stereocenters. The second-order valence-electron chi connectivity index (χ2n) is 4.59. The van der Waals surface area contributed by atoms with E-state index in [2.05, 4.69) is 28.2 Å². The fraction of sp³-hybridized carbons (Fsp3) is 0.250. The number of nitrogens with one attached hydrogen (secondary N) is 1. The van der Waals surface area contributed by atoms with Crippen LogP contribution in [-0.2, 0) is 0 Å². The SMILES string of the molecule is CCC(NC)c1ccc(-c2ccc(Br)c(Cl)c2F)cc1. The van der Waals surface area contributed by atoms with Crippen molar-refractivity contribution in [2.24, 2.45) is 0 Å². The molecule has 0 aliphatic heterocycles. The Hall–Kier alpha value is -0.900. The molecule has 4 heteroatoms. The number of rotatable bonds is 4. The summed E-state index contributed by atoms with van der Waals surface area (Å²) in [5, 5.41) is 3.37. The van der Waals surface area contributed by atoms with E-state index in [0.29, 0.717) is 16.1 Å². The molecule has 0 aromatic heterocycles. The van der Waals surface area contributed by atoms with Gasteiger partial charge in [0.05, 0.1) is 5.02 Å². The minimum atomic E-state index is -0.394. The van der Waals surface area contributed by atoms with Crippen molar-refractivity contribution in [1.29, 1.82) is 0 Å². The van der Waals surface area contributed by atoms with Gasteiger partial charge in [-0.2, -0.15) is 0 Å². The minimum Gasteiger partial charge on any atom is -0.313 e. The van der Waals surface area contributed by atoms with Crippen molar-refractivity contribution in [1.82, 2.24) is 5.32 Å². The summed E-state index contributed by atoms with van der Waals surface area (Å²) in [5.74, 6) is -0.394. The summed E-state index contributed by atoms with van der Waals surface area (Å²) in [6.45, 7) is 2.13. The van der Waals surface area contributed by atoms with Crippen molar-refractivity contribution in [3.63, 3.8) is 0 Å². The highest BCUT2D eigenvalue weighted by Crippen LogP contribution is 2.33. The molecule has 106 valence electrons. The van der Waals surface area contributed by atoms with Gasteiger partial charge in [-0.1, -0.05) is 48.9 Å².